The van der Waals surface area contributed by atoms with E-state index in [1.165, 1.54) is 6.07 Å². The molecule has 4 rings (SSSR count). The van der Waals surface area contributed by atoms with Gasteiger partial charge in [-0.05, 0) is 76.2 Å². The van der Waals surface area contributed by atoms with Crippen LogP contribution in [-0.2, 0) is 10.3 Å². The number of amides is 2. The Balaban J connectivity index is 0.00000272. The quantitative estimate of drug-likeness (QED) is 0.521. The molecular weight excluding hydrogens is 408 g/mol. The second-order valence-corrected chi connectivity index (χ2v) is 9.54. The number of carboxylic acid groups (broad SMARTS) is 1. The van der Waals surface area contributed by atoms with Gasteiger partial charge < -0.3 is 19.7 Å². The van der Waals surface area contributed by atoms with Crippen LogP contribution in [0.5, 0.6) is 0 Å². The molecule has 0 aromatic heterocycles. The van der Waals surface area contributed by atoms with Gasteiger partial charge in [0.05, 0.1) is 5.54 Å². The fourth-order valence-electron chi connectivity index (χ4n) is 5.44. The fourth-order valence-corrected chi connectivity index (χ4v) is 5.44. The van der Waals surface area contributed by atoms with Crippen LogP contribution in [0.4, 0.5) is 9.18 Å². The summed E-state index contributed by atoms with van der Waals surface area (Å²) in [7, 11) is 4.08. The van der Waals surface area contributed by atoms with Crippen LogP contribution in [0.15, 0.2) is 24.3 Å². The van der Waals surface area contributed by atoms with Gasteiger partial charge in [-0.3, -0.25) is 4.90 Å². The molecule has 2 amide bonds. The maximum atomic E-state index is 14.0. The van der Waals surface area contributed by atoms with Gasteiger partial charge in [-0.25, -0.2) is 9.18 Å². The molecule has 6 nitrogen and oxygen atoms in total. The molecule has 1 aromatic carbocycles. The van der Waals surface area contributed by atoms with Crippen LogP contribution in [0.1, 0.15) is 50.5 Å². The molecule has 1 aliphatic heterocycles. The zero-order valence-electron chi connectivity index (χ0n) is 18.9. The van der Waals surface area contributed by atoms with Crippen molar-refractivity contribution in [3.8, 4) is 0 Å². The fraction of sp³-hybridized carbons (Fsp3) is 0.652. The van der Waals surface area contributed by atoms with E-state index in [1.54, 1.807) is 17.0 Å². The van der Waals surface area contributed by atoms with Crippen LogP contribution in [0, 0.1) is 11.7 Å². The van der Waals surface area contributed by atoms with Crippen LogP contribution in [0.25, 0.3) is 0 Å². The minimum absolute atomic E-state index is 0. The number of carboxylic acids is 1. The Morgan fingerprint density at radius 1 is 1.23 bits per heavy atom. The molecule has 0 bridgehead atoms. The Bertz CT molecular complexity index is 822. The van der Waals surface area contributed by atoms with Crippen molar-refractivity contribution in [3.05, 3.63) is 35.6 Å². The van der Waals surface area contributed by atoms with E-state index in [4.69, 9.17) is 0 Å². The van der Waals surface area contributed by atoms with Crippen molar-refractivity contribution in [1.29, 1.82) is 0 Å². The van der Waals surface area contributed by atoms with Crippen LogP contribution < -0.4 is 34.7 Å². The summed E-state index contributed by atoms with van der Waals surface area (Å²) >= 11 is 0. The first-order valence-corrected chi connectivity index (χ1v) is 11.0. The van der Waals surface area contributed by atoms with Gasteiger partial charge >= 0.3 is 35.6 Å². The monoisotopic (exact) mass is 439 g/mol. The molecule has 164 valence electrons. The molecule has 0 atom stereocenters. The molecule has 1 spiro atoms. The zero-order chi connectivity index (χ0) is 21.5. The summed E-state index contributed by atoms with van der Waals surface area (Å²) in [6.45, 7) is 1.53. The second kappa shape index (κ2) is 9.38. The Morgan fingerprint density at radius 2 is 1.90 bits per heavy atom. The number of rotatable bonds is 7. The molecule has 3 aliphatic rings. The SMILES string of the molecule is CN(C)[C@]1(c2cccc(F)c2)CC[C@@]2(CC1)CN(CCC(=O)[O-])C(=O)N2CC1CC1.[Na+]. The Morgan fingerprint density at radius 3 is 2.45 bits per heavy atom. The van der Waals surface area contributed by atoms with Gasteiger partial charge in [-0.2, -0.15) is 0 Å². The number of halogens is 1. The number of nitrogens with zero attached hydrogens (tertiary/aromatic N) is 3. The first kappa shape index (κ1) is 24.5. The number of carbonyl (C=O) groups excluding carboxylic acids is 2. The number of hydrogen-bond donors (Lipinski definition) is 0. The van der Waals surface area contributed by atoms with Crippen LogP contribution in [0.2, 0.25) is 0 Å². The average molecular weight is 440 g/mol. The average Bonchev–Trinajstić information content (AvgIpc) is 3.49. The third-order valence-corrected chi connectivity index (χ3v) is 7.51. The predicted molar refractivity (Wildman–Crippen MR) is 109 cm³/mol. The third-order valence-electron chi connectivity index (χ3n) is 7.51. The van der Waals surface area contributed by atoms with Gasteiger partial charge in [0.25, 0.3) is 0 Å². The minimum atomic E-state index is -1.13. The summed E-state index contributed by atoms with van der Waals surface area (Å²) in [6, 6.07) is 6.83. The van der Waals surface area contributed by atoms with Gasteiger partial charge in [-0.15, -0.1) is 0 Å². The normalized spacial score (nSPS) is 28.3. The van der Waals surface area contributed by atoms with Crippen LogP contribution >= 0.6 is 0 Å². The van der Waals surface area contributed by atoms with Gasteiger partial charge in [0.15, 0.2) is 0 Å². The molecule has 0 radical (unpaired) electrons. The number of hydrogen-bond acceptors (Lipinski definition) is 4. The first-order valence-electron chi connectivity index (χ1n) is 11.0. The summed E-state index contributed by atoms with van der Waals surface area (Å²) in [5, 5.41) is 10.9. The predicted octanol–water partition coefficient (Wildman–Crippen LogP) is -0.813. The molecule has 31 heavy (non-hydrogen) atoms. The van der Waals surface area contributed by atoms with Gasteiger partial charge in [0, 0.05) is 37.6 Å². The van der Waals surface area contributed by atoms with E-state index in [1.807, 2.05) is 25.1 Å². The van der Waals surface area contributed by atoms with E-state index in [2.05, 4.69) is 4.90 Å². The van der Waals surface area contributed by atoms with E-state index in [-0.39, 0.29) is 65.4 Å². The molecule has 2 aliphatic carbocycles. The largest absolute Gasteiger partial charge is 1.00 e. The first-order chi connectivity index (χ1) is 14.3. The van der Waals surface area contributed by atoms with Crippen LogP contribution in [-0.4, -0.2) is 66.0 Å². The van der Waals surface area contributed by atoms with Crippen molar-refractivity contribution in [3.63, 3.8) is 0 Å². The molecule has 0 unspecified atom stereocenters. The summed E-state index contributed by atoms with van der Waals surface area (Å²) in [4.78, 5) is 30.0. The number of benzene rings is 1. The second-order valence-electron chi connectivity index (χ2n) is 9.54. The molecule has 0 N–H and O–H groups in total. The topological polar surface area (TPSA) is 66.9 Å². The maximum absolute atomic E-state index is 14.0. The molecule has 2 saturated carbocycles. The van der Waals surface area contributed by atoms with E-state index < -0.39 is 5.97 Å². The summed E-state index contributed by atoms with van der Waals surface area (Å²) in [5.41, 5.74) is 0.451. The van der Waals surface area contributed by atoms with Crippen molar-refractivity contribution < 1.29 is 48.6 Å². The van der Waals surface area contributed by atoms with Crippen molar-refractivity contribution >= 4 is 12.0 Å². The van der Waals surface area contributed by atoms with E-state index in [9.17, 15) is 19.1 Å². The standard InChI is InChI=1S/C23H32FN3O3.Na/c1-25(2)23(18-4-3-5-19(24)14-18)11-9-22(10-12-23)16-26(13-8-20(28)29)21(30)27(22)15-17-6-7-17;/h3-5,14,17H,6-13,15-16H2,1-2H3,(H,28,29);/q;+1/p-1/t22-,23-;. The molecule has 8 heteroatoms. The Labute approximate surface area is 206 Å². The van der Waals surface area contributed by atoms with E-state index in [0.29, 0.717) is 12.5 Å². The Hall–Kier alpha value is -1.15. The molecule has 1 saturated heterocycles. The number of carbonyl (C=O) groups is 2. The van der Waals surface area contributed by atoms with Crippen molar-refractivity contribution in [2.24, 2.45) is 5.92 Å². The smallest absolute Gasteiger partial charge is 0.550 e. The van der Waals surface area contributed by atoms with E-state index in [0.717, 1.165) is 50.6 Å². The van der Waals surface area contributed by atoms with Gasteiger partial charge in [0.1, 0.15) is 5.82 Å². The van der Waals surface area contributed by atoms with Crippen LogP contribution in [0.3, 0.4) is 0 Å². The zero-order valence-corrected chi connectivity index (χ0v) is 20.9. The van der Waals surface area contributed by atoms with Crippen molar-refractivity contribution in [2.45, 2.75) is 56.0 Å². The summed E-state index contributed by atoms with van der Waals surface area (Å²) in [5.74, 6) is -0.789. The summed E-state index contributed by atoms with van der Waals surface area (Å²) in [6.07, 6.45) is 5.47. The third kappa shape index (κ3) is 4.80. The maximum Gasteiger partial charge on any atom is 1.00 e. The van der Waals surface area contributed by atoms with E-state index >= 15 is 0 Å². The number of urea groups is 1. The molecular formula is C23H31FN3NaO3. The van der Waals surface area contributed by atoms with Crippen molar-refractivity contribution in [1.82, 2.24) is 14.7 Å². The Kier molecular flexibility index (Phi) is 7.41. The molecule has 1 aromatic rings. The molecule has 3 fully saturated rings. The van der Waals surface area contributed by atoms with Crippen molar-refractivity contribution in [2.75, 3.05) is 33.7 Å². The summed E-state index contributed by atoms with van der Waals surface area (Å²) < 4.78 is 14.0. The molecule has 1 heterocycles. The van der Waals surface area contributed by atoms with Gasteiger partial charge in [-0.1, -0.05) is 12.1 Å². The minimum Gasteiger partial charge on any atom is -0.550 e. The number of aliphatic carboxylic acids is 1. The van der Waals surface area contributed by atoms with Gasteiger partial charge in [0.2, 0.25) is 0 Å².